The number of aromatic nitrogens is 2. The zero-order chi connectivity index (χ0) is 12.8. The summed E-state index contributed by atoms with van der Waals surface area (Å²) < 4.78 is 4.68. The Balaban J connectivity index is 2.60. The fourth-order valence-corrected chi connectivity index (χ4v) is 1.28. The van der Waals surface area contributed by atoms with Crippen LogP contribution >= 0.6 is 0 Å². The van der Waals surface area contributed by atoms with E-state index in [2.05, 4.69) is 14.7 Å². The van der Waals surface area contributed by atoms with E-state index >= 15 is 0 Å². The van der Waals surface area contributed by atoms with Gasteiger partial charge in [0.25, 0.3) is 0 Å². The number of aliphatic hydroxyl groups is 2. The average molecular weight is 240 g/mol. The molecular formula is C11H16N2O4. The van der Waals surface area contributed by atoms with E-state index in [0.29, 0.717) is 11.4 Å². The highest BCUT2D eigenvalue weighted by atomic mass is 16.5. The zero-order valence-electron chi connectivity index (χ0n) is 9.83. The molecule has 0 saturated carbocycles. The second-order valence-electron chi connectivity index (χ2n) is 3.58. The number of aryl methyl sites for hydroxylation is 1. The molecule has 6 heteroatoms. The van der Waals surface area contributed by atoms with Crippen molar-refractivity contribution in [1.82, 2.24) is 9.97 Å². The summed E-state index contributed by atoms with van der Waals surface area (Å²) >= 11 is 0. The number of carbonyl (C=O) groups excluding carboxylic acids is 1. The third-order valence-corrected chi connectivity index (χ3v) is 2.19. The number of aliphatic hydroxyl groups excluding tert-OH is 2. The summed E-state index contributed by atoms with van der Waals surface area (Å²) in [5, 5.41) is 19.4. The van der Waals surface area contributed by atoms with Gasteiger partial charge in [0.1, 0.15) is 11.9 Å². The molecule has 94 valence electrons. The molecule has 0 bridgehead atoms. The Morgan fingerprint density at radius 3 is 2.53 bits per heavy atom. The molecule has 17 heavy (non-hydrogen) atoms. The molecule has 0 aromatic carbocycles. The molecule has 2 unspecified atom stereocenters. The molecule has 1 rings (SSSR count). The predicted octanol–water partition coefficient (Wildman–Crippen LogP) is 0.133. The van der Waals surface area contributed by atoms with E-state index in [1.165, 1.54) is 12.4 Å². The minimum Gasteiger partial charge on any atom is -0.466 e. The first-order chi connectivity index (χ1) is 8.04. The summed E-state index contributed by atoms with van der Waals surface area (Å²) in [6.07, 6.45) is 0.159. The highest BCUT2D eigenvalue weighted by molar-refractivity contribution is 5.70. The summed E-state index contributed by atoms with van der Waals surface area (Å²) in [7, 11) is 0. The van der Waals surface area contributed by atoms with Crippen LogP contribution in [0.15, 0.2) is 12.4 Å². The highest BCUT2D eigenvalue weighted by Gasteiger charge is 2.22. The van der Waals surface area contributed by atoms with Gasteiger partial charge in [0.15, 0.2) is 0 Å². The van der Waals surface area contributed by atoms with Crippen LogP contribution in [0.5, 0.6) is 0 Å². The first-order valence-corrected chi connectivity index (χ1v) is 5.35. The molecule has 0 aliphatic heterocycles. The molecule has 2 atom stereocenters. The lowest BCUT2D eigenvalue weighted by Gasteiger charge is -2.16. The van der Waals surface area contributed by atoms with E-state index in [1.54, 1.807) is 13.8 Å². The van der Waals surface area contributed by atoms with Crippen LogP contribution in [-0.4, -0.2) is 38.9 Å². The Morgan fingerprint density at radius 2 is 2.00 bits per heavy atom. The lowest BCUT2D eigenvalue weighted by Crippen LogP contribution is -2.23. The normalized spacial score (nSPS) is 14.1. The number of rotatable bonds is 5. The molecule has 6 nitrogen and oxygen atoms in total. The van der Waals surface area contributed by atoms with Crippen LogP contribution in [0.25, 0.3) is 0 Å². The van der Waals surface area contributed by atoms with E-state index in [9.17, 15) is 15.0 Å². The van der Waals surface area contributed by atoms with Crippen LogP contribution in [0.1, 0.15) is 30.8 Å². The largest absolute Gasteiger partial charge is 0.466 e. The third-order valence-electron chi connectivity index (χ3n) is 2.19. The first-order valence-electron chi connectivity index (χ1n) is 5.35. The first kappa shape index (κ1) is 13.5. The van der Waals surface area contributed by atoms with E-state index in [0.717, 1.165) is 0 Å². The maximum absolute atomic E-state index is 11.1. The van der Waals surface area contributed by atoms with Crippen LogP contribution in [0.3, 0.4) is 0 Å². The lowest BCUT2D eigenvalue weighted by atomic mass is 10.1. The highest BCUT2D eigenvalue weighted by Crippen LogP contribution is 2.17. The van der Waals surface area contributed by atoms with Gasteiger partial charge in [-0.2, -0.15) is 0 Å². The topological polar surface area (TPSA) is 92.5 Å². The molecule has 0 spiro atoms. The maximum Gasteiger partial charge on any atom is 0.308 e. The second kappa shape index (κ2) is 6.27. The quantitative estimate of drug-likeness (QED) is 0.711. The Hall–Kier alpha value is -1.53. The third kappa shape index (κ3) is 4.08. The van der Waals surface area contributed by atoms with Crippen LogP contribution in [0.2, 0.25) is 0 Å². The van der Waals surface area contributed by atoms with Crippen LogP contribution < -0.4 is 0 Å². The van der Waals surface area contributed by atoms with Gasteiger partial charge in [-0.3, -0.25) is 4.79 Å². The minimum absolute atomic E-state index is 0.245. The number of carbonyl (C=O) groups is 1. The van der Waals surface area contributed by atoms with Crippen molar-refractivity contribution >= 4 is 5.97 Å². The Bertz CT molecular complexity index is 366. The van der Waals surface area contributed by atoms with Gasteiger partial charge in [0.05, 0.1) is 19.1 Å². The van der Waals surface area contributed by atoms with E-state index in [4.69, 9.17) is 0 Å². The van der Waals surface area contributed by atoms with Crippen LogP contribution in [-0.2, 0) is 9.53 Å². The van der Waals surface area contributed by atoms with Crippen molar-refractivity contribution < 1.29 is 19.7 Å². The summed E-state index contributed by atoms with van der Waals surface area (Å²) in [5.41, 5.74) is 0.368. The molecule has 2 N–H and O–H groups in total. The van der Waals surface area contributed by atoms with Crippen molar-refractivity contribution in [3.63, 3.8) is 0 Å². The molecule has 0 saturated heterocycles. The van der Waals surface area contributed by atoms with Crippen LogP contribution in [0, 0.1) is 6.92 Å². The smallest absolute Gasteiger partial charge is 0.308 e. The molecule has 1 aromatic rings. The molecule has 1 heterocycles. The fourth-order valence-electron chi connectivity index (χ4n) is 1.28. The van der Waals surface area contributed by atoms with Crippen molar-refractivity contribution in [2.24, 2.45) is 0 Å². The fraction of sp³-hybridized carbons (Fsp3) is 0.545. The summed E-state index contributed by atoms with van der Waals surface area (Å²) in [6, 6.07) is 0. The zero-order valence-corrected chi connectivity index (χ0v) is 9.83. The number of hydrogen-bond donors (Lipinski definition) is 2. The SMILES string of the molecule is CCOC(=O)CC(O)C(O)c1cnc(C)nc1. The molecule has 0 fully saturated rings. The van der Waals surface area contributed by atoms with Gasteiger partial charge in [-0.05, 0) is 13.8 Å². The number of nitrogens with zero attached hydrogens (tertiary/aromatic N) is 2. The van der Waals surface area contributed by atoms with Crippen molar-refractivity contribution in [2.45, 2.75) is 32.5 Å². The summed E-state index contributed by atoms with van der Waals surface area (Å²) in [4.78, 5) is 18.9. The minimum atomic E-state index is -1.22. The summed E-state index contributed by atoms with van der Waals surface area (Å²) in [5.74, 6) is 0.0212. The Labute approximate surface area is 99.3 Å². The van der Waals surface area contributed by atoms with Gasteiger partial charge in [-0.25, -0.2) is 9.97 Å². The van der Waals surface area contributed by atoms with Crippen molar-refractivity contribution in [3.05, 3.63) is 23.8 Å². The van der Waals surface area contributed by atoms with Gasteiger partial charge in [0, 0.05) is 18.0 Å². The van der Waals surface area contributed by atoms with Crippen molar-refractivity contribution in [2.75, 3.05) is 6.61 Å². The maximum atomic E-state index is 11.1. The molecule has 0 amide bonds. The number of hydrogen-bond acceptors (Lipinski definition) is 6. The molecule has 0 aliphatic carbocycles. The lowest BCUT2D eigenvalue weighted by molar-refractivity contribution is -0.147. The van der Waals surface area contributed by atoms with E-state index in [1.807, 2.05) is 0 Å². The molecular weight excluding hydrogens is 224 g/mol. The van der Waals surface area contributed by atoms with Gasteiger partial charge < -0.3 is 14.9 Å². The van der Waals surface area contributed by atoms with Crippen molar-refractivity contribution in [1.29, 1.82) is 0 Å². The Morgan fingerprint density at radius 1 is 1.41 bits per heavy atom. The number of ether oxygens (including phenoxy) is 1. The standard InChI is InChI=1S/C11H16N2O4/c1-3-17-10(15)4-9(14)11(16)8-5-12-7(2)13-6-8/h5-6,9,11,14,16H,3-4H2,1-2H3. The van der Waals surface area contributed by atoms with Gasteiger partial charge >= 0.3 is 5.97 Å². The van der Waals surface area contributed by atoms with Gasteiger partial charge in [-0.1, -0.05) is 0 Å². The molecule has 1 aromatic heterocycles. The Kier molecular flexibility index (Phi) is 4.99. The van der Waals surface area contributed by atoms with Gasteiger partial charge in [0.2, 0.25) is 0 Å². The average Bonchev–Trinajstić information content (AvgIpc) is 2.29. The van der Waals surface area contributed by atoms with Gasteiger partial charge in [-0.15, -0.1) is 0 Å². The molecule has 0 aliphatic rings. The molecule has 0 radical (unpaired) electrons. The summed E-state index contributed by atoms with van der Waals surface area (Å²) in [6.45, 7) is 3.63. The van der Waals surface area contributed by atoms with Crippen molar-refractivity contribution in [3.8, 4) is 0 Å². The predicted molar refractivity (Wildman–Crippen MR) is 59.0 cm³/mol. The van der Waals surface area contributed by atoms with Crippen LogP contribution in [0.4, 0.5) is 0 Å². The number of esters is 1. The van der Waals surface area contributed by atoms with E-state index in [-0.39, 0.29) is 13.0 Å². The van der Waals surface area contributed by atoms with E-state index < -0.39 is 18.2 Å². The second-order valence-corrected chi connectivity index (χ2v) is 3.58. The monoisotopic (exact) mass is 240 g/mol.